The van der Waals surface area contributed by atoms with E-state index < -0.39 is 11.9 Å². The summed E-state index contributed by atoms with van der Waals surface area (Å²) in [5.41, 5.74) is 3.31. The largest absolute Gasteiger partial charge is 0.325 e. The third-order valence-corrected chi connectivity index (χ3v) is 4.63. The van der Waals surface area contributed by atoms with Gasteiger partial charge in [0, 0.05) is 24.3 Å². The Morgan fingerprint density at radius 1 is 1.12 bits per heavy atom. The van der Waals surface area contributed by atoms with E-state index in [0.29, 0.717) is 13.1 Å². The predicted octanol–water partition coefficient (Wildman–Crippen LogP) is 3.32. The van der Waals surface area contributed by atoms with Crippen LogP contribution < -0.4 is 4.90 Å². The number of nitrogens with zero attached hydrogens (tertiary/aromatic N) is 2. The molecule has 0 bridgehead atoms. The van der Waals surface area contributed by atoms with Crippen molar-refractivity contribution in [1.82, 2.24) is 4.90 Å². The van der Waals surface area contributed by atoms with Crippen LogP contribution in [-0.2, 0) is 4.79 Å². The van der Waals surface area contributed by atoms with Crippen LogP contribution in [0.3, 0.4) is 0 Å². The van der Waals surface area contributed by atoms with Crippen LogP contribution in [0.25, 0.3) is 0 Å². The summed E-state index contributed by atoms with van der Waals surface area (Å²) in [6.45, 7) is 6.54. The molecule has 0 N–H and O–H groups in total. The molecule has 1 aliphatic heterocycles. The van der Waals surface area contributed by atoms with Crippen LogP contribution in [-0.4, -0.2) is 35.8 Å². The number of rotatable bonds is 2. The highest BCUT2D eigenvalue weighted by atomic mass is 19.1. The smallest absolute Gasteiger partial charge is 0.254 e. The summed E-state index contributed by atoms with van der Waals surface area (Å²) in [5, 5.41) is 0. The van der Waals surface area contributed by atoms with E-state index in [1.165, 1.54) is 23.1 Å². The fourth-order valence-electron chi connectivity index (χ4n) is 3.28. The Labute approximate surface area is 146 Å². The highest BCUT2D eigenvalue weighted by Gasteiger charge is 2.35. The number of benzene rings is 2. The Balaban J connectivity index is 1.83. The van der Waals surface area contributed by atoms with E-state index >= 15 is 0 Å². The SMILES string of the molecule is Cc1ccc(N2CCN(C(=O)c3cccc(F)c3)[C@H](C)C2=O)c(C)c1. The molecule has 1 atom stereocenters. The molecule has 0 radical (unpaired) electrons. The quantitative estimate of drug-likeness (QED) is 0.841. The van der Waals surface area contributed by atoms with Crippen molar-refractivity contribution in [1.29, 1.82) is 0 Å². The number of amides is 2. The highest BCUT2D eigenvalue weighted by Crippen LogP contribution is 2.25. The maximum absolute atomic E-state index is 13.4. The van der Waals surface area contributed by atoms with Crippen molar-refractivity contribution in [2.75, 3.05) is 18.0 Å². The summed E-state index contributed by atoms with van der Waals surface area (Å²) in [4.78, 5) is 28.7. The molecule has 25 heavy (non-hydrogen) atoms. The van der Waals surface area contributed by atoms with Gasteiger partial charge in [-0.1, -0.05) is 23.8 Å². The van der Waals surface area contributed by atoms with Crippen LogP contribution in [0.4, 0.5) is 10.1 Å². The molecule has 2 aromatic rings. The molecule has 130 valence electrons. The average Bonchev–Trinajstić information content (AvgIpc) is 2.57. The Bertz CT molecular complexity index is 834. The van der Waals surface area contributed by atoms with Gasteiger partial charge in [-0.3, -0.25) is 9.59 Å². The molecular weight excluding hydrogens is 319 g/mol. The number of piperazine rings is 1. The van der Waals surface area contributed by atoms with Gasteiger partial charge >= 0.3 is 0 Å². The van der Waals surface area contributed by atoms with Crippen molar-refractivity contribution in [3.8, 4) is 0 Å². The van der Waals surface area contributed by atoms with E-state index in [2.05, 4.69) is 0 Å². The number of carbonyl (C=O) groups excluding carboxylic acids is 2. The van der Waals surface area contributed by atoms with E-state index in [9.17, 15) is 14.0 Å². The predicted molar refractivity (Wildman–Crippen MR) is 95.2 cm³/mol. The fourth-order valence-corrected chi connectivity index (χ4v) is 3.28. The van der Waals surface area contributed by atoms with Gasteiger partial charge in [0.1, 0.15) is 11.9 Å². The second-order valence-corrected chi connectivity index (χ2v) is 6.46. The molecule has 2 amide bonds. The lowest BCUT2D eigenvalue weighted by atomic mass is 10.1. The molecule has 2 aromatic carbocycles. The number of anilines is 1. The summed E-state index contributed by atoms with van der Waals surface area (Å²) >= 11 is 0. The second kappa shape index (κ2) is 6.67. The van der Waals surface area contributed by atoms with Crippen molar-refractivity contribution in [2.45, 2.75) is 26.8 Å². The number of hydrogen-bond acceptors (Lipinski definition) is 2. The van der Waals surface area contributed by atoms with Crippen molar-refractivity contribution < 1.29 is 14.0 Å². The molecule has 3 rings (SSSR count). The zero-order valence-corrected chi connectivity index (χ0v) is 14.6. The molecule has 0 saturated carbocycles. The molecule has 0 aliphatic carbocycles. The van der Waals surface area contributed by atoms with Gasteiger partial charge in [-0.05, 0) is 50.6 Å². The maximum Gasteiger partial charge on any atom is 0.254 e. The normalized spacial score (nSPS) is 17.8. The van der Waals surface area contributed by atoms with Gasteiger partial charge in [0.25, 0.3) is 5.91 Å². The van der Waals surface area contributed by atoms with E-state index in [0.717, 1.165) is 16.8 Å². The molecule has 1 heterocycles. The van der Waals surface area contributed by atoms with Crippen molar-refractivity contribution in [2.24, 2.45) is 0 Å². The minimum absolute atomic E-state index is 0.122. The fraction of sp³-hybridized carbons (Fsp3) is 0.300. The lowest BCUT2D eigenvalue weighted by Gasteiger charge is -2.39. The van der Waals surface area contributed by atoms with E-state index in [-0.39, 0.29) is 17.4 Å². The Hall–Kier alpha value is -2.69. The van der Waals surface area contributed by atoms with E-state index in [1.54, 1.807) is 17.9 Å². The number of hydrogen-bond donors (Lipinski definition) is 0. The molecule has 5 heteroatoms. The van der Waals surface area contributed by atoms with E-state index in [4.69, 9.17) is 0 Å². The average molecular weight is 340 g/mol. The minimum atomic E-state index is -0.592. The molecule has 0 spiro atoms. The first kappa shape index (κ1) is 17.1. The molecule has 0 unspecified atom stereocenters. The molecule has 1 saturated heterocycles. The van der Waals surface area contributed by atoms with Crippen LogP contribution in [0.15, 0.2) is 42.5 Å². The zero-order chi connectivity index (χ0) is 18.1. The summed E-state index contributed by atoms with van der Waals surface area (Å²) < 4.78 is 13.4. The summed E-state index contributed by atoms with van der Waals surface area (Å²) in [6.07, 6.45) is 0. The highest BCUT2D eigenvalue weighted by molar-refractivity contribution is 6.03. The first-order valence-corrected chi connectivity index (χ1v) is 8.33. The van der Waals surface area contributed by atoms with Crippen LogP contribution in [0, 0.1) is 19.7 Å². The van der Waals surface area contributed by atoms with Gasteiger partial charge in [0.2, 0.25) is 5.91 Å². The van der Waals surface area contributed by atoms with Crippen LogP contribution in [0.1, 0.15) is 28.4 Å². The van der Waals surface area contributed by atoms with Gasteiger partial charge in [0.05, 0.1) is 0 Å². The van der Waals surface area contributed by atoms with Gasteiger partial charge in [-0.15, -0.1) is 0 Å². The molecule has 1 fully saturated rings. The monoisotopic (exact) mass is 340 g/mol. The Kier molecular flexibility index (Phi) is 4.57. The number of aryl methyl sites for hydroxylation is 2. The minimum Gasteiger partial charge on any atom is -0.325 e. The van der Waals surface area contributed by atoms with Crippen LogP contribution in [0.5, 0.6) is 0 Å². The van der Waals surface area contributed by atoms with Gasteiger partial charge < -0.3 is 9.80 Å². The first-order chi connectivity index (χ1) is 11.9. The van der Waals surface area contributed by atoms with E-state index in [1.807, 2.05) is 32.0 Å². The van der Waals surface area contributed by atoms with Gasteiger partial charge in [-0.2, -0.15) is 0 Å². The Morgan fingerprint density at radius 2 is 1.88 bits per heavy atom. The second-order valence-electron chi connectivity index (χ2n) is 6.46. The topological polar surface area (TPSA) is 40.6 Å². The maximum atomic E-state index is 13.4. The third kappa shape index (κ3) is 3.27. The van der Waals surface area contributed by atoms with Crippen molar-refractivity contribution in [3.05, 3.63) is 65.0 Å². The van der Waals surface area contributed by atoms with Crippen LogP contribution >= 0.6 is 0 Å². The number of halogens is 1. The molecular formula is C20H21FN2O2. The zero-order valence-electron chi connectivity index (χ0n) is 14.6. The Morgan fingerprint density at radius 3 is 2.56 bits per heavy atom. The standard InChI is InChI=1S/C20H21FN2O2/c1-13-7-8-18(14(2)11-13)23-10-9-22(15(3)19(23)24)20(25)16-5-4-6-17(21)12-16/h4-8,11-12,15H,9-10H2,1-3H3/t15-/m1/s1. The molecule has 0 aromatic heterocycles. The van der Waals surface area contributed by atoms with Crippen LogP contribution in [0.2, 0.25) is 0 Å². The van der Waals surface area contributed by atoms with Gasteiger partial charge in [0.15, 0.2) is 0 Å². The third-order valence-electron chi connectivity index (χ3n) is 4.63. The summed E-state index contributed by atoms with van der Waals surface area (Å²) in [6, 6.07) is 10.9. The summed E-state index contributed by atoms with van der Waals surface area (Å²) in [5.74, 6) is -0.901. The van der Waals surface area contributed by atoms with Crippen molar-refractivity contribution >= 4 is 17.5 Å². The lowest BCUT2D eigenvalue weighted by Crippen LogP contribution is -2.58. The number of carbonyl (C=O) groups is 2. The lowest BCUT2D eigenvalue weighted by molar-refractivity contribution is -0.124. The summed E-state index contributed by atoms with van der Waals surface area (Å²) in [7, 11) is 0. The first-order valence-electron chi connectivity index (χ1n) is 8.33. The molecule has 1 aliphatic rings. The van der Waals surface area contributed by atoms with Gasteiger partial charge in [-0.25, -0.2) is 4.39 Å². The molecule has 4 nitrogen and oxygen atoms in total. The van der Waals surface area contributed by atoms with Crippen molar-refractivity contribution in [3.63, 3.8) is 0 Å².